The second kappa shape index (κ2) is 23.4. The lowest BCUT2D eigenvalue weighted by Crippen LogP contribution is -2.46. The van der Waals surface area contributed by atoms with Crippen LogP contribution in [0.1, 0.15) is 144 Å². The van der Waals surface area contributed by atoms with E-state index < -0.39 is 22.8 Å². The third kappa shape index (κ3) is 13.8. The molecule has 0 aromatic carbocycles. The third-order valence-corrected chi connectivity index (χ3v) is 14.5. The molecule has 374 valence electrons. The van der Waals surface area contributed by atoms with Crippen molar-refractivity contribution in [3.05, 3.63) is 76.2 Å². The fraction of sp³-hybridized carbons (Fsp3) is 0.680. The van der Waals surface area contributed by atoms with Crippen molar-refractivity contribution in [2.45, 2.75) is 164 Å². The van der Waals surface area contributed by atoms with Crippen LogP contribution < -0.4 is 0 Å². The summed E-state index contributed by atoms with van der Waals surface area (Å²) in [6.07, 6.45) is 21.7. The van der Waals surface area contributed by atoms with Gasteiger partial charge in [-0.3, -0.25) is 4.98 Å². The largest absolute Gasteiger partial charge is 0.486 e. The van der Waals surface area contributed by atoms with Crippen LogP contribution in [0.4, 0.5) is 0 Å². The number of rotatable bonds is 10. The molecule has 2 saturated carbocycles. The molecule has 2 unspecified atom stereocenters. The molecule has 5 aliphatic heterocycles. The van der Waals surface area contributed by atoms with E-state index in [1.807, 2.05) is 12.1 Å². The molecule has 7 heterocycles. The maximum atomic E-state index is 11.8. The molecular formula is C50H70BBrN2O14. The highest BCUT2D eigenvalue weighted by Gasteiger charge is 2.52. The van der Waals surface area contributed by atoms with Gasteiger partial charge in [-0.25, -0.2) is 14.6 Å². The first-order valence-electron chi connectivity index (χ1n) is 24.2. The van der Waals surface area contributed by atoms with Crippen LogP contribution in [0.2, 0.25) is 0 Å². The standard InChI is InChI=1S/C22H29NO6.C21H35BO6.C7H6BrNO2/c1-25-20(24)17-6-12-23-18(16-17)5-7-21(29-19-4-2-3-13-26-19)8-10-22(11-9-21)27-14-15-28-22;1-18(2)19(3,4)28-22(27-18)13-12-20(26-17-7-5-6-14-23-17)8-10-21(11-9-20)24-15-16-25-21;1-11-7(10)5-2-3-9-6(8)4-5/h5-7,12,16,19H,2-4,8-11,13-15H2,1H3;12-13,17H,5-11,14-16H2,1-4H3;2-4H,1H3/b7-5+;13-12+;. The van der Waals surface area contributed by atoms with E-state index in [0.29, 0.717) is 47.9 Å². The number of nitrogens with zero attached hydrogens (tertiary/aromatic N) is 2. The Kier molecular flexibility index (Phi) is 18.1. The number of aromatic nitrogens is 2. The van der Waals surface area contributed by atoms with Crippen LogP contribution in [0.15, 0.2) is 59.4 Å². The van der Waals surface area contributed by atoms with Gasteiger partial charge in [0.05, 0.1) is 79.9 Å². The summed E-state index contributed by atoms with van der Waals surface area (Å²) in [6.45, 7) is 12.5. The van der Waals surface area contributed by atoms with E-state index >= 15 is 0 Å². The number of pyridine rings is 2. The molecule has 0 N–H and O–H groups in total. The minimum absolute atomic E-state index is 0.142. The van der Waals surface area contributed by atoms with Crippen LogP contribution in [0.25, 0.3) is 6.08 Å². The normalized spacial score (nSPS) is 27.9. The van der Waals surface area contributed by atoms with Gasteiger partial charge < -0.3 is 56.7 Å². The molecule has 7 fully saturated rings. The molecule has 5 saturated heterocycles. The minimum Gasteiger partial charge on any atom is -0.465 e. The summed E-state index contributed by atoms with van der Waals surface area (Å²) in [4.78, 5) is 30.9. The van der Waals surface area contributed by atoms with Crippen molar-refractivity contribution < 1.29 is 66.3 Å². The van der Waals surface area contributed by atoms with E-state index in [9.17, 15) is 9.59 Å². The van der Waals surface area contributed by atoms with Gasteiger partial charge in [-0.1, -0.05) is 18.1 Å². The SMILES string of the molecule is CC1(C)OB(/C=C/C2(OC3CCCCO3)CCC3(CC2)OCCO3)OC1(C)C.COC(=O)c1ccnc(/C=C/C2(OC3CCCCO3)CCC3(CC2)OCCO3)c1.COC(=O)c1ccnc(Br)c1. The molecule has 0 radical (unpaired) electrons. The smallest absolute Gasteiger partial charge is 0.465 e. The van der Waals surface area contributed by atoms with Crippen molar-refractivity contribution in [2.24, 2.45) is 0 Å². The highest BCUT2D eigenvalue weighted by atomic mass is 79.9. The number of halogens is 1. The summed E-state index contributed by atoms with van der Waals surface area (Å²) < 4.78 is 70.6. The number of ether oxygens (including phenoxy) is 10. The molecule has 0 amide bonds. The Morgan fingerprint density at radius 2 is 1.09 bits per heavy atom. The Labute approximate surface area is 410 Å². The zero-order valence-electron chi connectivity index (χ0n) is 40.6. The van der Waals surface area contributed by atoms with Gasteiger partial charge in [-0.15, -0.1) is 0 Å². The van der Waals surface area contributed by atoms with Crippen LogP contribution in [0.3, 0.4) is 0 Å². The minimum atomic E-state index is -0.467. The average molecular weight is 1010 g/mol. The molecule has 2 aliphatic carbocycles. The predicted octanol–water partition coefficient (Wildman–Crippen LogP) is 8.88. The Bertz CT molecular complexity index is 1990. The Morgan fingerprint density at radius 3 is 1.53 bits per heavy atom. The van der Waals surface area contributed by atoms with Crippen LogP contribution >= 0.6 is 15.9 Å². The summed E-state index contributed by atoms with van der Waals surface area (Å²) >= 11 is 3.14. The molecule has 2 spiro atoms. The Hall–Kier alpha value is -3.14. The van der Waals surface area contributed by atoms with Gasteiger partial charge >= 0.3 is 19.1 Å². The molecule has 16 nitrogen and oxygen atoms in total. The summed E-state index contributed by atoms with van der Waals surface area (Å²) in [5.41, 5.74) is 0.110. The first kappa shape index (κ1) is 52.7. The number of carbonyl (C=O) groups is 2. The maximum Gasteiger partial charge on any atom is 0.486 e. The number of hydrogen-bond acceptors (Lipinski definition) is 16. The summed E-state index contributed by atoms with van der Waals surface area (Å²) in [5, 5.41) is 0. The molecule has 0 bridgehead atoms. The van der Waals surface area contributed by atoms with Crippen LogP contribution in [0, 0.1) is 0 Å². The summed E-state index contributed by atoms with van der Waals surface area (Å²) in [5.74, 6) is 0.412. The van der Waals surface area contributed by atoms with E-state index in [-0.39, 0.29) is 42.8 Å². The lowest BCUT2D eigenvalue weighted by molar-refractivity contribution is -0.249. The molecule has 2 atom stereocenters. The molecule has 2 aromatic heterocycles. The van der Waals surface area contributed by atoms with Crippen LogP contribution in [0.5, 0.6) is 0 Å². The van der Waals surface area contributed by atoms with E-state index in [2.05, 4.69) is 70.5 Å². The predicted molar refractivity (Wildman–Crippen MR) is 254 cm³/mol. The topological polar surface area (TPSA) is 171 Å². The second-order valence-corrected chi connectivity index (χ2v) is 20.1. The average Bonchev–Trinajstić information content (AvgIpc) is 4.07. The van der Waals surface area contributed by atoms with Gasteiger partial charge in [-0.05, 0) is 138 Å². The van der Waals surface area contributed by atoms with E-state index in [1.54, 1.807) is 30.5 Å². The summed E-state index contributed by atoms with van der Waals surface area (Å²) in [7, 11) is 2.35. The molecule has 7 aliphatic rings. The molecule has 68 heavy (non-hydrogen) atoms. The van der Waals surface area contributed by atoms with Gasteiger partial charge in [0.2, 0.25) is 0 Å². The maximum absolute atomic E-state index is 11.8. The van der Waals surface area contributed by atoms with Gasteiger partial charge in [-0.2, -0.15) is 0 Å². The van der Waals surface area contributed by atoms with Crippen molar-refractivity contribution in [2.75, 3.05) is 53.9 Å². The second-order valence-electron chi connectivity index (χ2n) is 19.3. The quantitative estimate of drug-likeness (QED) is 0.125. The molecular weight excluding hydrogens is 943 g/mol. The van der Waals surface area contributed by atoms with E-state index in [4.69, 9.17) is 51.9 Å². The van der Waals surface area contributed by atoms with Crippen LogP contribution in [-0.4, -0.2) is 129 Å². The molecule has 2 aromatic rings. The van der Waals surface area contributed by atoms with E-state index in [1.165, 1.54) is 20.4 Å². The fourth-order valence-electron chi connectivity index (χ4n) is 9.35. The zero-order valence-corrected chi connectivity index (χ0v) is 42.2. The Balaban J connectivity index is 0.000000165. The number of esters is 2. The monoisotopic (exact) mass is 1010 g/mol. The first-order chi connectivity index (χ1) is 32.6. The van der Waals surface area contributed by atoms with E-state index in [0.717, 1.165) is 103 Å². The van der Waals surface area contributed by atoms with Crippen molar-refractivity contribution in [1.82, 2.24) is 9.97 Å². The van der Waals surface area contributed by atoms with Gasteiger partial charge in [0.1, 0.15) is 4.60 Å². The lowest BCUT2D eigenvalue weighted by Gasteiger charge is -2.44. The number of methoxy groups -OCH3 is 2. The van der Waals surface area contributed by atoms with Crippen LogP contribution in [-0.2, 0) is 56.7 Å². The van der Waals surface area contributed by atoms with Crippen molar-refractivity contribution in [1.29, 1.82) is 0 Å². The zero-order chi connectivity index (χ0) is 48.3. The highest BCUT2D eigenvalue weighted by Crippen LogP contribution is 2.46. The van der Waals surface area contributed by atoms with Gasteiger partial charge in [0.25, 0.3) is 0 Å². The number of carbonyl (C=O) groups excluding carboxylic acids is 2. The highest BCUT2D eigenvalue weighted by molar-refractivity contribution is 9.10. The van der Waals surface area contributed by atoms with Crippen molar-refractivity contribution in [3.63, 3.8) is 0 Å². The molecule has 18 heteroatoms. The number of hydrogen-bond donors (Lipinski definition) is 0. The van der Waals surface area contributed by atoms with Gasteiger partial charge in [0.15, 0.2) is 24.2 Å². The fourth-order valence-corrected chi connectivity index (χ4v) is 9.71. The van der Waals surface area contributed by atoms with Gasteiger partial charge in [0, 0.05) is 51.3 Å². The Morgan fingerprint density at radius 1 is 0.632 bits per heavy atom. The summed E-state index contributed by atoms with van der Waals surface area (Å²) in [6, 6.07) is 6.56. The first-order valence-corrected chi connectivity index (χ1v) is 25.0. The lowest BCUT2D eigenvalue weighted by atomic mass is 9.77. The van der Waals surface area contributed by atoms with Crippen molar-refractivity contribution >= 4 is 41.1 Å². The van der Waals surface area contributed by atoms with Crippen molar-refractivity contribution in [3.8, 4) is 0 Å². The third-order valence-electron chi connectivity index (χ3n) is 14.1. The molecule has 9 rings (SSSR count).